The molecular formula is C41H73FeN7O21+3. The van der Waals surface area contributed by atoms with Crippen LogP contribution in [0.3, 0.4) is 0 Å². The number of nitrogens with one attached hydrogen (secondary N) is 3. The van der Waals surface area contributed by atoms with Crippen molar-refractivity contribution in [2.75, 3.05) is 59.6 Å². The quantitative estimate of drug-likeness (QED) is 0.00742. The number of carbonyl (C=O) groups excluding carboxylic acids is 6. The van der Waals surface area contributed by atoms with E-state index in [0.717, 1.165) is 0 Å². The molecule has 14 N–H and O–H groups in total. The van der Waals surface area contributed by atoms with Crippen molar-refractivity contribution in [1.29, 1.82) is 0 Å². The number of amides is 5. The fourth-order valence-corrected chi connectivity index (χ4v) is 7.00. The maximum atomic E-state index is 12.4. The summed E-state index contributed by atoms with van der Waals surface area (Å²) in [5.41, 5.74) is -0.698. The summed E-state index contributed by atoms with van der Waals surface area (Å²) in [4.78, 5) is 73.2. The van der Waals surface area contributed by atoms with Gasteiger partial charge in [0.1, 0.15) is 55.0 Å². The van der Waals surface area contributed by atoms with Gasteiger partial charge in [0.05, 0.1) is 19.1 Å². The van der Waals surface area contributed by atoms with Crippen LogP contribution >= 0.6 is 0 Å². The third-order valence-electron chi connectivity index (χ3n) is 11.2. The number of carbonyl (C=O) groups is 6. The smallest absolute Gasteiger partial charge is 0.463 e. The molecule has 2 aliphatic heterocycles. The molecule has 70 heavy (non-hydrogen) atoms. The van der Waals surface area contributed by atoms with Crippen LogP contribution in [0.5, 0.6) is 0 Å². The summed E-state index contributed by atoms with van der Waals surface area (Å²) in [6.07, 6.45) is -12.8. The number of ether oxygens (including phenoxy) is 4. The minimum Gasteiger partial charge on any atom is -0.463 e. The molecule has 0 saturated carbocycles. The average molecular weight is 1060 g/mol. The first-order valence-corrected chi connectivity index (χ1v) is 23.0. The number of unbranched alkanes of at least 4 members (excludes halogenated alkanes) is 6. The number of likely N-dealkylation sites (N-methyl/N-ethyl adjacent to an activating group) is 1. The second-order valence-corrected chi connectivity index (χ2v) is 16.5. The zero-order valence-corrected chi connectivity index (χ0v) is 40.3. The van der Waals surface area contributed by atoms with E-state index in [-0.39, 0.29) is 81.4 Å². The van der Waals surface area contributed by atoms with Crippen LogP contribution in [-0.2, 0) is 64.8 Å². The fraction of sp³-hybridized carbons (Fsp3) is 0.829. The van der Waals surface area contributed by atoms with Gasteiger partial charge in [0.15, 0.2) is 6.29 Å². The summed E-state index contributed by atoms with van der Waals surface area (Å²) in [6.45, 7) is -0.614. The normalized spacial score (nSPS) is 24.2. The van der Waals surface area contributed by atoms with Gasteiger partial charge in [0.2, 0.25) is 35.8 Å². The predicted octanol–water partition coefficient (Wildman–Crippen LogP) is -4.06. The topological polar surface area (TPSA) is 420 Å². The molecule has 1 radical (unpaired) electrons. The Morgan fingerprint density at radius 1 is 0.657 bits per heavy atom. The summed E-state index contributed by atoms with van der Waals surface area (Å²) < 4.78 is 21.4. The van der Waals surface area contributed by atoms with E-state index in [0.29, 0.717) is 79.5 Å². The second-order valence-electron chi connectivity index (χ2n) is 16.5. The van der Waals surface area contributed by atoms with E-state index in [2.05, 4.69) is 21.1 Å². The first-order valence-electron chi connectivity index (χ1n) is 23.0. The van der Waals surface area contributed by atoms with Gasteiger partial charge in [-0.15, -0.1) is 0 Å². The summed E-state index contributed by atoms with van der Waals surface area (Å²) in [5.74, 6) is -3.77. The van der Waals surface area contributed by atoms with E-state index in [1.165, 1.54) is 7.05 Å². The molecule has 0 aromatic carbocycles. The van der Waals surface area contributed by atoms with Crippen LogP contribution in [0.25, 0.3) is 0 Å². The van der Waals surface area contributed by atoms with Crippen LogP contribution in [0, 0.1) is 0 Å². The molecule has 2 heterocycles. The Labute approximate surface area is 415 Å². The minimum absolute atomic E-state index is 0. The number of hydroxylamine groups is 6. The maximum Gasteiger partial charge on any atom is 3.00 e. The van der Waals surface area contributed by atoms with Crippen molar-refractivity contribution in [1.82, 2.24) is 31.1 Å². The molecule has 0 bridgehead atoms. The molecule has 2 aliphatic rings. The Kier molecular flexibility index (Phi) is 32.5. The van der Waals surface area contributed by atoms with Gasteiger partial charge in [0, 0.05) is 71.4 Å². The number of esters is 1. The molecule has 0 spiro atoms. The summed E-state index contributed by atoms with van der Waals surface area (Å²) in [6, 6.07) is -0.898. The van der Waals surface area contributed by atoms with Crippen molar-refractivity contribution in [3.8, 4) is 0 Å². The number of aliphatic hydroxyl groups is 7. The Hall–Kier alpha value is -3.75. The molecule has 0 aliphatic carbocycles. The zero-order chi connectivity index (χ0) is 51.5. The molecule has 2 fully saturated rings. The van der Waals surface area contributed by atoms with Crippen LogP contribution in [0.4, 0.5) is 0 Å². The van der Waals surface area contributed by atoms with Crippen molar-refractivity contribution in [3.63, 3.8) is 0 Å². The standard InChI is InChI=1S/C41H73N7O21.Fe/c1-42-25(23-50)38-36(59)37(60)39(40(61)68-38)69-41-33(45-62)35(58)34(57)26(67-41)24-66-32(56)16-15-31(55)48(65)20-8-3-6-18-44-27(51)11-13-29(53)46(63)19-7-2-5-17-43-28(52)12-14-30(54)47(64)21-9-4-10-22-49;/h25-26,34-42,49-50,57-65H,2-24H2,1H3,(H,43,52)(H,44,51);/q;+3/b45-33+;/t25?,26-,34-,35-,36+,37+,38-,39-,40?,41-;/m1./s1. The molecule has 28 nitrogen and oxygen atoms in total. The molecule has 29 heteroatoms. The Bertz CT molecular complexity index is 1600. The van der Waals surface area contributed by atoms with Gasteiger partial charge in [-0.05, 0) is 64.8 Å². The van der Waals surface area contributed by atoms with Crippen molar-refractivity contribution in [2.45, 2.75) is 158 Å². The van der Waals surface area contributed by atoms with E-state index in [4.69, 9.17) is 24.1 Å². The van der Waals surface area contributed by atoms with E-state index in [9.17, 15) is 80.2 Å². The Balaban J connectivity index is 0.0000245. The van der Waals surface area contributed by atoms with Gasteiger partial charge in [-0.25, -0.2) is 15.2 Å². The number of aliphatic hydroxyl groups excluding tert-OH is 7. The van der Waals surface area contributed by atoms with E-state index < -0.39 is 123 Å². The maximum absolute atomic E-state index is 12.4. The average Bonchev–Trinajstić information content (AvgIpc) is 3.33. The third kappa shape index (κ3) is 22.8. The number of oxime groups is 1. The molecule has 0 aromatic rings. The molecule has 10 atom stereocenters. The summed E-state index contributed by atoms with van der Waals surface area (Å²) >= 11 is 0. The molecule has 2 saturated heterocycles. The van der Waals surface area contributed by atoms with Gasteiger partial charge >= 0.3 is 23.0 Å². The van der Waals surface area contributed by atoms with Crippen LogP contribution < -0.4 is 16.0 Å². The molecule has 0 aromatic heterocycles. The van der Waals surface area contributed by atoms with Gasteiger partial charge in [0.25, 0.3) is 0 Å². The molecule has 2 rings (SSSR count). The van der Waals surface area contributed by atoms with Crippen LogP contribution in [0.1, 0.15) is 96.3 Å². The summed E-state index contributed by atoms with van der Waals surface area (Å²) in [7, 11) is 1.44. The largest absolute Gasteiger partial charge is 3.00 e. The van der Waals surface area contributed by atoms with Gasteiger partial charge in [-0.1, -0.05) is 5.16 Å². The van der Waals surface area contributed by atoms with Crippen LogP contribution in [0.2, 0.25) is 0 Å². The Morgan fingerprint density at radius 2 is 1.14 bits per heavy atom. The number of nitrogens with zero attached hydrogens (tertiary/aromatic N) is 4. The Morgan fingerprint density at radius 3 is 1.60 bits per heavy atom. The van der Waals surface area contributed by atoms with E-state index in [1.807, 2.05) is 0 Å². The van der Waals surface area contributed by atoms with Crippen molar-refractivity contribution in [3.05, 3.63) is 0 Å². The fourth-order valence-electron chi connectivity index (χ4n) is 7.00. The molecular weight excluding hydrogens is 982 g/mol. The first kappa shape index (κ1) is 64.3. The number of hydrogen-bond acceptors (Lipinski definition) is 23. The summed E-state index contributed by atoms with van der Waals surface area (Å²) in [5, 5.41) is 123. The monoisotopic (exact) mass is 1060 g/mol. The van der Waals surface area contributed by atoms with Gasteiger partial charge in [-0.2, -0.15) is 0 Å². The number of hydrogen-bond donors (Lipinski definition) is 14. The SMILES string of the molecule is CNC(CO)[C@H]1OC(O)[C@H](O[C@H]2O[C@H](COC(=O)CCC(=O)N(O)CCCCCNC(=O)CCC(=O)N(O)CCCCCNC(=O)CCC(=O)N(O)CCCCCO)[C@@H](O)[C@H](O)/C2=N\O)[C@@H](O)[C@@H]1O.[Fe+3]. The van der Waals surface area contributed by atoms with Crippen molar-refractivity contribution < 1.29 is 121 Å². The first-order chi connectivity index (χ1) is 32.9. The van der Waals surface area contributed by atoms with Gasteiger partial charge < -0.3 is 75.9 Å². The minimum atomic E-state index is -1.96. The van der Waals surface area contributed by atoms with Crippen LogP contribution in [-0.4, -0.2) is 234 Å². The second kappa shape index (κ2) is 35.4. The van der Waals surface area contributed by atoms with Crippen molar-refractivity contribution in [2.24, 2.45) is 5.16 Å². The number of rotatable bonds is 33. The molecule has 5 amide bonds. The van der Waals surface area contributed by atoms with Crippen LogP contribution in [0.15, 0.2) is 5.16 Å². The molecule has 403 valence electrons. The van der Waals surface area contributed by atoms with Crippen molar-refractivity contribution >= 4 is 41.2 Å². The zero-order valence-electron chi connectivity index (χ0n) is 39.2. The molecule has 2 unspecified atom stereocenters. The third-order valence-corrected chi connectivity index (χ3v) is 11.2. The van der Waals surface area contributed by atoms with E-state index in [1.54, 1.807) is 0 Å². The van der Waals surface area contributed by atoms with E-state index >= 15 is 0 Å². The van der Waals surface area contributed by atoms with Gasteiger partial charge in [-0.3, -0.25) is 44.4 Å². The predicted molar refractivity (Wildman–Crippen MR) is 231 cm³/mol.